The molecule has 34 heavy (non-hydrogen) atoms. The number of para-hydroxylation sites is 1. The lowest BCUT2D eigenvalue weighted by atomic mass is 9.99. The number of ether oxygens (including phenoxy) is 1. The summed E-state index contributed by atoms with van der Waals surface area (Å²) >= 11 is 6.26. The Balaban J connectivity index is 1.46. The molecule has 2 aromatic heterocycles. The Kier molecular flexibility index (Phi) is 6.06. The molecule has 0 bridgehead atoms. The third-order valence-corrected chi connectivity index (χ3v) is 6.09. The van der Waals surface area contributed by atoms with E-state index >= 15 is 0 Å². The van der Waals surface area contributed by atoms with Crippen molar-refractivity contribution in [2.45, 2.75) is 20.0 Å². The van der Waals surface area contributed by atoms with Gasteiger partial charge in [0.2, 0.25) is 0 Å². The molecule has 0 unspecified atom stereocenters. The zero-order chi connectivity index (χ0) is 23.5. The largest absolute Gasteiger partial charge is 0.507 e. The van der Waals surface area contributed by atoms with Crippen LogP contribution < -0.4 is 4.74 Å². The third kappa shape index (κ3) is 4.28. The van der Waals surface area contributed by atoms with Crippen molar-refractivity contribution in [2.24, 2.45) is 0 Å². The molecule has 0 saturated heterocycles. The number of aromatic nitrogens is 4. The number of benzene rings is 3. The van der Waals surface area contributed by atoms with Crippen molar-refractivity contribution in [1.82, 2.24) is 20.0 Å². The van der Waals surface area contributed by atoms with Crippen molar-refractivity contribution in [3.8, 4) is 39.6 Å². The van der Waals surface area contributed by atoms with E-state index in [-0.39, 0.29) is 5.75 Å². The Morgan fingerprint density at radius 3 is 2.56 bits per heavy atom. The number of halogens is 1. The zero-order valence-electron chi connectivity index (χ0n) is 18.6. The maximum atomic E-state index is 10.9. The van der Waals surface area contributed by atoms with Crippen molar-refractivity contribution >= 4 is 11.6 Å². The number of nitrogens with zero attached hydrogens (tertiary/aromatic N) is 3. The minimum absolute atomic E-state index is 0.104. The molecule has 0 radical (unpaired) electrons. The van der Waals surface area contributed by atoms with E-state index in [0.717, 1.165) is 40.1 Å². The topological polar surface area (TPSA) is 76.0 Å². The van der Waals surface area contributed by atoms with Crippen LogP contribution in [0.2, 0.25) is 5.02 Å². The lowest BCUT2D eigenvalue weighted by molar-refractivity contribution is 0.301. The van der Waals surface area contributed by atoms with Crippen LogP contribution in [0.5, 0.6) is 11.5 Å². The average Bonchev–Trinajstić information content (AvgIpc) is 3.54. The van der Waals surface area contributed by atoms with Crippen LogP contribution in [0.3, 0.4) is 0 Å². The normalized spacial score (nSPS) is 11.0. The summed E-state index contributed by atoms with van der Waals surface area (Å²) < 4.78 is 7.85. The second-order valence-corrected chi connectivity index (χ2v) is 8.29. The number of rotatable bonds is 7. The molecule has 0 spiro atoms. The number of aromatic hydroxyl groups is 1. The van der Waals surface area contributed by atoms with Crippen LogP contribution in [0.4, 0.5) is 0 Å². The molecule has 170 valence electrons. The van der Waals surface area contributed by atoms with Gasteiger partial charge in [0.25, 0.3) is 0 Å². The Morgan fingerprint density at radius 2 is 1.76 bits per heavy atom. The maximum absolute atomic E-state index is 10.9. The molecular weight excluding hydrogens is 448 g/mol. The van der Waals surface area contributed by atoms with Gasteiger partial charge in [0.1, 0.15) is 18.1 Å². The van der Waals surface area contributed by atoms with E-state index < -0.39 is 0 Å². The summed E-state index contributed by atoms with van der Waals surface area (Å²) in [5, 5.41) is 23.3. The SMILES string of the molecule is CCc1cc(-c2[nH]ncc2-c2cnn(-c3ccccc3)c2)c(O)cc1OCc1ccccc1Cl. The lowest BCUT2D eigenvalue weighted by Crippen LogP contribution is -2.00. The quantitative estimate of drug-likeness (QED) is 0.287. The number of hydrogen-bond donors (Lipinski definition) is 2. The van der Waals surface area contributed by atoms with Crippen LogP contribution in [0, 0.1) is 0 Å². The van der Waals surface area contributed by atoms with Crippen LogP contribution in [0.1, 0.15) is 18.1 Å². The minimum atomic E-state index is 0.104. The predicted molar refractivity (Wildman–Crippen MR) is 133 cm³/mol. The summed E-state index contributed by atoms with van der Waals surface area (Å²) in [4.78, 5) is 0. The third-order valence-electron chi connectivity index (χ3n) is 5.72. The smallest absolute Gasteiger partial charge is 0.128 e. The van der Waals surface area contributed by atoms with Gasteiger partial charge in [0.15, 0.2) is 0 Å². The second kappa shape index (κ2) is 9.45. The number of hydrogen-bond acceptors (Lipinski definition) is 4. The Labute approximate surface area is 202 Å². The van der Waals surface area contributed by atoms with Crippen LogP contribution >= 0.6 is 11.6 Å². The average molecular weight is 471 g/mol. The van der Waals surface area contributed by atoms with Crippen LogP contribution in [-0.2, 0) is 13.0 Å². The summed E-state index contributed by atoms with van der Waals surface area (Å²) in [6.45, 7) is 2.37. The van der Waals surface area contributed by atoms with Gasteiger partial charge in [-0.3, -0.25) is 5.10 Å². The fourth-order valence-corrected chi connectivity index (χ4v) is 4.08. The molecule has 3 aromatic carbocycles. The van der Waals surface area contributed by atoms with Crippen molar-refractivity contribution < 1.29 is 9.84 Å². The molecule has 7 heteroatoms. The van der Waals surface area contributed by atoms with Crippen LogP contribution in [0.15, 0.2) is 85.3 Å². The Hall–Kier alpha value is -4.03. The van der Waals surface area contributed by atoms with E-state index in [1.165, 1.54) is 0 Å². The predicted octanol–water partition coefficient (Wildman–Crippen LogP) is 6.43. The fraction of sp³-hybridized carbons (Fsp3) is 0.111. The summed E-state index contributed by atoms with van der Waals surface area (Å²) in [6.07, 6.45) is 6.22. The highest BCUT2D eigenvalue weighted by atomic mass is 35.5. The van der Waals surface area contributed by atoms with Gasteiger partial charge in [0, 0.05) is 39.5 Å². The number of aryl methyl sites for hydroxylation is 1. The van der Waals surface area contributed by atoms with Gasteiger partial charge >= 0.3 is 0 Å². The molecule has 0 aliphatic carbocycles. The van der Waals surface area contributed by atoms with E-state index in [1.54, 1.807) is 18.5 Å². The monoisotopic (exact) mass is 470 g/mol. The minimum Gasteiger partial charge on any atom is -0.507 e. The molecule has 6 nitrogen and oxygen atoms in total. The number of H-pyrrole nitrogens is 1. The van der Waals surface area contributed by atoms with Crippen molar-refractivity contribution in [1.29, 1.82) is 0 Å². The van der Waals surface area contributed by atoms with Crippen LogP contribution in [0.25, 0.3) is 28.1 Å². The first kappa shape index (κ1) is 21.8. The molecule has 5 aromatic rings. The van der Waals surface area contributed by atoms with Gasteiger partial charge < -0.3 is 9.84 Å². The van der Waals surface area contributed by atoms with E-state index in [1.807, 2.05) is 71.5 Å². The number of aromatic amines is 1. The van der Waals surface area contributed by atoms with Gasteiger partial charge in [-0.2, -0.15) is 10.2 Å². The first-order valence-electron chi connectivity index (χ1n) is 11.0. The van der Waals surface area contributed by atoms with Crippen molar-refractivity contribution in [3.05, 3.63) is 101 Å². The Morgan fingerprint density at radius 1 is 0.971 bits per heavy atom. The summed E-state index contributed by atoms with van der Waals surface area (Å²) in [7, 11) is 0. The maximum Gasteiger partial charge on any atom is 0.128 e. The standard InChI is InChI=1S/C27H23ClN4O2/c1-2-18-12-22(25(33)13-26(18)34-17-19-8-6-7-11-24(19)28)27-23(15-29-31-27)20-14-30-32(16-20)21-9-4-3-5-10-21/h3-16,33H,2,17H2,1H3,(H,29,31). The molecular formula is C27H23ClN4O2. The first-order chi connectivity index (χ1) is 16.6. The molecule has 0 fully saturated rings. The van der Waals surface area contributed by atoms with Gasteiger partial charge in [-0.1, -0.05) is 54.9 Å². The molecule has 2 heterocycles. The van der Waals surface area contributed by atoms with Gasteiger partial charge in [0.05, 0.1) is 23.8 Å². The highest BCUT2D eigenvalue weighted by molar-refractivity contribution is 6.31. The summed E-state index contributed by atoms with van der Waals surface area (Å²) in [5.41, 5.74) is 5.95. The molecule has 0 atom stereocenters. The fourth-order valence-electron chi connectivity index (χ4n) is 3.89. The number of phenols is 1. The zero-order valence-corrected chi connectivity index (χ0v) is 19.3. The van der Waals surface area contributed by atoms with Crippen LogP contribution in [-0.4, -0.2) is 25.1 Å². The van der Waals surface area contributed by atoms with E-state index in [2.05, 4.69) is 22.2 Å². The summed E-state index contributed by atoms with van der Waals surface area (Å²) in [5.74, 6) is 0.731. The highest BCUT2D eigenvalue weighted by Crippen LogP contribution is 2.39. The molecule has 0 aliphatic rings. The van der Waals surface area contributed by atoms with Crippen molar-refractivity contribution in [3.63, 3.8) is 0 Å². The van der Waals surface area contributed by atoms with E-state index in [9.17, 15) is 5.11 Å². The van der Waals surface area contributed by atoms with Gasteiger partial charge in [-0.05, 0) is 36.2 Å². The lowest BCUT2D eigenvalue weighted by Gasteiger charge is -2.14. The highest BCUT2D eigenvalue weighted by Gasteiger charge is 2.18. The second-order valence-electron chi connectivity index (χ2n) is 7.88. The van der Waals surface area contributed by atoms with Gasteiger partial charge in [-0.15, -0.1) is 0 Å². The Bertz CT molecular complexity index is 1430. The summed E-state index contributed by atoms with van der Waals surface area (Å²) in [6, 6.07) is 21.1. The molecule has 0 amide bonds. The van der Waals surface area contributed by atoms with Crippen molar-refractivity contribution in [2.75, 3.05) is 0 Å². The molecule has 5 rings (SSSR count). The number of phenolic OH excluding ortho intramolecular Hbond substituents is 1. The molecule has 0 aliphatic heterocycles. The number of nitrogens with one attached hydrogen (secondary N) is 1. The first-order valence-corrected chi connectivity index (χ1v) is 11.4. The van der Waals surface area contributed by atoms with E-state index in [0.29, 0.717) is 22.9 Å². The molecule has 0 saturated carbocycles. The molecule has 2 N–H and O–H groups in total. The van der Waals surface area contributed by atoms with Gasteiger partial charge in [-0.25, -0.2) is 4.68 Å². The van der Waals surface area contributed by atoms with E-state index in [4.69, 9.17) is 16.3 Å².